The predicted molar refractivity (Wildman–Crippen MR) is 74.8 cm³/mol. The quantitative estimate of drug-likeness (QED) is 0.779. The normalized spacial score (nSPS) is 21.1. The minimum Gasteiger partial charge on any atom is -0.481 e. The van der Waals surface area contributed by atoms with Gasteiger partial charge in [0.2, 0.25) is 5.91 Å². The summed E-state index contributed by atoms with van der Waals surface area (Å²) in [5.74, 6) is -0.555. The summed E-state index contributed by atoms with van der Waals surface area (Å²) >= 11 is 0. The molecule has 2 atom stereocenters. The van der Waals surface area contributed by atoms with Crippen LogP contribution in [0.5, 0.6) is 0 Å². The van der Waals surface area contributed by atoms with Crippen LogP contribution in [0.25, 0.3) is 0 Å². The molecule has 0 saturated heterocycles. The molecule has 0 radical (unpaired) electrons. The molecule has 1 aliphatic carbocycles. The molecule has 0 aliphatic heterocycles. The first kappa shape index (κ1) is 16.0. The van der Waals surface area contributed by atoms with Crippen LogP contribution in [0, 0.1) is 17.3 Å². The number of amides is 1. The van der Waals surface area contributed by atoms with Gasteiger partial charge in [0.05, 0.1) is 5.41 Å². The number of hydrogen-bond donors (Lipinski definition) is 2. The van der Waals surface area contributed by atoms with Gasteiger partial charge in [-0.3, -0.25) is 9.59 Å². The van der Waals surface area contributed by atoms with Crippen LogP contribution in [-0.2, 0) is 9.59 Å². The first-order chi connectivity index (χ1) is 8.77. The van der Waals surface area contributed by atoms with E-state index < -0.39 is 11.4 Å². The Morgan fingerprint density at radius 3 is 2.21 bits per heavy atom. The van der Waals surface area contributed by atoms with Gasteiger partial charge in [-0.25, -0.2) is 0 Å². The van der Waals surface area contributed by atoms with E-state index in [0.717, 1.165) is 0 Å². The number of carbonyl (C=O) groups excluding carboxylic acids is 1. The highest BCUT2D eigenvalue weighted by atomic mass is 16.4. The third kappa shape index (κ3) is 3.95. The van der Waals surface area contributed by atoms with Gasteiger partial charge >= 0.3 is 5.97 Å². The summed E-state index contributed by atoms with van der Waals surface area (Å²) in [5, 5.41) is 12.3. The smallest absolute Gasteiger partial charge is 0.310 e. The summed E-state index contributed by atoms with van der Waals surface area (Å²) in [6.45, 7) is 7.38. The van der Waals surface area contributed by atoms with Crippen molar-refractivity contribution in [3.05, 3.63) is 0 Å². The van der Waals surface area contributed by atoms with Crippen LogP contribution in [-0.4, -0.2) is 23.0 Å². The third-order valence-corrected chi connectivity index (χ3v) is 4.79. The Kier molecular flexibility index (Phi) is 5.39. The highest BCUT2D eigenvalue weighted by Gasteiger charge is 2.39. The van der Waals surface area contributed by atoms with Crippen LogP contribution in [0.4, 0.5) is 0 Å². The predicted octanol–water partition coefficient (Wildman–Crippen LogP) is 2.82. The molecule has 0 aromatic carbocycles. The van der Waals surface area contributed by atoms with Crippen LogP contribution in [0.3, 0.4) is 0 Å². The van der Waals surface area contributed by atoms with Crippen molar-refractivity contribution in [1.29, 1.82) is 0 Å². The molecule has 1 unspecified atom stereocenters. The van der Waals surface area contributed by atoms with E-state index in [1.54, 1.807) is 6.92 Å². The maximum Gasteiger partial charge on any atom is 0.310 e. The topological polar surface area (TPSA) is 66.4 Å². The van der Waals surface area contributed by atoms with Gasteiger partial charge < -0.3 is 10.4 Å². The number of aliphatic carboxylic acids is 1. The van der Waals surface area contributed by atoms with Gasteiger partial charge in [-0.15, -0.1) is 0 Å². The molecular weight excluding hydrogens is 242 g/mol. The lowest BCUT2D eigenvalue weighted by Gasteiger charge is -2.29. The molecule has 0 aromatic heterocycles. The van der Waals surface area contributed by atoms with Crippen molar-refractivity contribution < 1.29 is 14.7 Å². The summed E-state index contributed by atoms with van der Waals surface area (Å²) < 4.78 is 0. The van der Waals surface area contributed by atoms with E-state index in [0.29, 0.717) is 5.92 Å². The first-order valence-electron chi connectivity index (χ1n) is 7.30. The summed E-state index contributed by atoms with van der Waals surface area (Å²) in [4.78, 5) is 23.4. The highest BCUT2D eigenvalue weighted by molar-refractivity contribution is 5.85. The molecule has 0 aromatic rings. The van der Waals surface area contributed by atoms with Crippen LogP contribution in [0.2, 0.25) is 0 Å². The van der Waals surface area contributed by atoms with Crippen molar-refractivity contribution in [3.8, 4) is 0 Å². The Hall–Kier alpha value is -1.06. The maximum atomic E-state index is 12.1. The molecule has 0 spiro atoms. The van der Waals surface area contributed by atoms with Crippen molar-refractivity contribution in [3.63, 3.8) is 0 Å². The van der Waals surface area contributed by atoms with Gasteiger partial charge in [0.25, 0.3) is 0 Å². The molecule has 1 rings (SSSR count). The summed E-state index contributed by atoms with van der Waals surface area (Å²) in [6.07, 6.45) is 4.87. The van der Waals surface area contributed by atoms with Gasteiger partial charge in [-0.1, -0.05) is 26.7 Å². The zero-order valence-electron chi connectivity index (χ0n) is 12.5. The second kappa shape index (κ2) is 6.40. The lowest BCUT2D eigenvalue weighted by Crippen LogP contribution is -2.43. The van der Waals surface area contributed by atoms with E-state index in [4.69, 9.17) is 0 Å². The number of rotatable bonds is 6. The SMILES string of the molecule is CC(C)C(C)(CC(=O)N[C@H](C)C1CCCC1)C(=O)O. The fourth-order valence-electron chi connectivity index (χ4n) is 2.74. The van der Waals surface area contributed by atoms with Gasteiger partial charge in [0.15, 0.2) is 0 Å². The standard InChI is InChI=1S/C15H27NO3/c1-10(2)15(4,14(18)19)9-13(17)16-11(3)12-7-5-6-8-12/h10-12H,5-9H2,1-4H3,(H,16,17)(H,18,19)/t11-,15?/m1/s1. The van der Waals surface area contributed by atoms with E-state index in [1.165, 1.54) is 25.7 Å². The van der Waals surface area contributed by atoms with Gasteiger partial charge in [-0.2, -0.15) is 0 Å². The molecule has 0 bridgehead atoms. The average molecular weight is 269 g/mol. The molecule has 4 nitrogen and oxygen atoms in total. The second-order valence-corrected chi connectivity index (χ2v) is 6.45. The van der Waals surface area contributed by atoms with Crippen LogP contribution in [0.1, 0.15) is 59.8 Å². The molecule has 1 fully saturated rings. The van der Waals surface area contributed by atoms with E-state index in [2.05, 4.69) is 5.32 Å². The van der Waals surface area contributed by atoms with Crippen molar-refractivity contribution in [2.45, 2.75) is 65.8 Å². The third-order valence-electron chi connectivity index (χ3n) is 4.79. The lowest BCUT2D eigenvalue weighted by atomic mass is 9.76. The molecule has 19 heavy (non-hydrogen) atoms. The minimum absolute atomic E-state index is 0.0526. The fourth-order valence-corrected chi connectivity index (χ4v) is 2.74. The van der Waals surface area contributed by atoms with E-state index in [9.17, 15) is 14.7 Å². The number of hydrogen-bond acceptors (Lipinski definition) is 2. The molecular formula is C15H27NO3. The molecule has 110 valence electrons. The molecule has 1 saturated carbocycles. The van der Waals surface area contributed by atoms with Gasteiger partial charge in [0, 0.05) is 12.5 Å². The highest BCUT2D eigenvalue weighted by Crippen LogP contribution is 2.32. The molecule has 4 heteroatoms. The van der Waals surface area contributed by atoms with E-state index in [-0.39, 0.29) is 24.3 Å². The van der Waals surface area contributed by atoms with Crippen molar-refractivity contribution in [1.82, 2.24) is 5.32 Å². The van der Waals surface area contributed by atoms with Gasteiger partial charge in [0.1, 0.15) is 0 Å². The van der Waals surface area contributed by atoms with Crippen molar-refractivity contribution in [2.75, 3.05) is 0 Å². The maximum absolute atomic E-state index is 12.1. The van der Waals surface area contributed by atoms with Crippen molar-refractivity contribution >= 4 is 11.9 Å². The van der Waals surface area contributed by atoms with Crippen molar-refractivity contribution in [2.24, 2.45) is 17.3 Å². The lowest BCUT2D eigenvalue weighted by molar-refractivity contribution is -0.153. The Morgan fingerprint density at radius 2 is 1.79 bits per heavy atom. The summed E-state index contributed by atoms with van der Waals surface area (Å²) in [6, 6.07) is 0.153. The van der Waals surface area contributed by atoms with Crippen LogP contribution >= 0.6 is 0 Å². The Morgan fingerprint density at radius 1 is 1.26 bits per heavy atom. The van der Waals surface area contributed by atoms with Crippen LogP contribution in [0.15, 0.2) is 0 Å². The van der Waals surface area contributed by atoms with Crippen LogP contribution < -0.4 is 5.32 Å². The van der Waals surface area contributed by atoms with E-state index >= 15 is 0 Å². The second-order valence-electron chi connectivity index (χ2n) is 6.45. The molecule has 1 aliphatic rings. The zero-order chi connectivity index (χ0) is 14.6. The fraction of sp³-hybridized carbons (Fsp3) is 0.867. The Bertz CT molecular complexity index is 334. The Labute approximate surface area is 116 Å². The molecule has 1 amide bonds. The first-order valence-corrected chi connectivity index (χ1v) is 7.30. The minimum atomic E-state index is -0.987. The largest absolute Gasteiger partial charge is 0.481 e. The Balaban J connectivity index is 2.55. The number of carboxylic acids is 1. The zero-order valence-corrected chi connectivity index (χ0v) is 12.5. The average Bonchev–Trinajstić information content (AvgIpc) is 2.81. The molecule has 0 heterocycles. The monoisotopic (exact) mass is 269 g/mol. The number of carboxylic acid groups (broad SMARTS) is 1. The number of nitrogens with one attached hydrogen (secondary N) is 1. The number of carbonyl (C=O) groups is 2. The summed E-state index contributed by atoms with van der Waals surface area (Å²) in [5.41, 5.74) is -0.987. The molecule has 2 N–H and O–H groups in total. The van der Waals surface area contributed by atoms with Gasteiger partial charge in [-0.05, 0) is 38.5 Å². The van der Waals surface area contributed by atoms with E-state index in [1.807, 2.05) is 20.8 Å². The summed E-state index contributed by atoms with van der Waals surface area (Å²) in [7, 11) is 0.